The maximum atomic E-state index is 10.4. The van der Waals surface area contributed by atoms with E-state index in [9.17, 15) is 4.79 Å². The summed E-state index contributed by atoms with van der Waals surface area (Å²) in [5.74, 6) is -0.812. The van der Waals surface area contributed by atoms with E-state index in [2.05, 4.69) is 10.3 Å². The summed E-state index contributed by atoms with van der Waals surface area (Å²) in [6.07, 6.45) is 6.27. The summed E-state index contributed by atoms with van der Waals surface area (Å²) in [4.78, 5) is 14.4. The molecule has 5 heteroatoms. The highest BCUT2D eigenvalue weighted by Gasteiger charge is 2.07. The summed E-state index contributed by atoms with van der Waals surface area (Å²) in [6, 6.07) is -0.474. The highest BCUT2D eigenvalue weighted by Crippen LogP contribution is 1.90. The molecule has 1 rings (SSSR count). The Kier molecular flexibility index (Phi) is 4.12. The molecule has 0 radical (unpaired) electrons. The lowest BCUT2D eigenvalue weighted by molar-refractivity contribution is -0.138. The van der Waals surface area contributed by atoms with E-state index in [1.807, 2.05) is 10.8 Å². The topological polar surface area (TPSA) is 67.2 Å². The van der Waals surface area contributed by atoms with Crippen LogP contribution in [-0.4, -0.2) is 33.2 Å². The van der Waals surface area contributed by atoms with Gasteiger partial charge in [-0.2, -0.15) is 0 Å². The lowest BCUT2D eigenvalue weighted by Crippen LogP contribution is -2.34. The van der Waals surface area contributed by atoms with Gasteiger partial charge in [-0.25, -0.2) is 4.98 Å². The van der Waals surface area contributed by atoms with E-state index in [-0.39, 0.29) is 0 Å². The van der Waals surface area contributed by atoms with Crippen molar-refractivity contribution in [2.24, 2.45) is 0 Å². The van der Waals surface area contributed by atoms with Gasteiger partial charge in [0.25, 0.3) is 0 Å². The molecule has 0 aliphatic rings. The van der Waals surface area contributed by atoms with Gasteiger partial charge in [0, 0.05) is 18.9 Å². The van der Waals surface area contributed by atoms with Crippen molar-refractivity contribution < 1.29 is 9.90 Å². The number of carboxylic acids is 1. The van der Waals surface area contributed by atoms with Crippen molar-refractivity contribution in [1.29, 1.82) is 0 Å². The van der Waals surface area contributed by atoms with Crippen molar-refractivity contribution in [2.45, 2.75) is 25.9 Å². The summed E-state index contributed by atoms with van der Waals surface area (Å²) in [6.45, 7) is 3.20. The van der Waals surface area contributed by atoms with E-state index in [4.69, 9.17) is 5.11 Å². The van der Waals surface area contributed by atoms with Crippen LogP contribution in [0.3, 0.4) is 0 Å². The summed E-state index contributed by atoms with van der Waals surface area (Å²) < 4.78 is 1.97. The van der Waals surface area contributed by atoms with Crippen LogP contribution in [0.2, 0.25) is 0 Å². The summed E-state index contributed by atoms with van der Waals surface area (Å²) in [5, 5.41) is 11.5. The average Bonchev–Trinajstić information content (AvgIpc) is 2.64. The van der Waals surface area contributed by atoms with E-state index < -0.39 is 12.0 Å². The first-order valence-corrected chi connectivity index (χ1v) is 4.62. The van der Waals surface area contributed by atoms with Crippen LogP contribution in [0.15, 0.2) is 18.7 Å². The van der Waals surface area contributed by atoms with E-state index in [0.29, 0.717) is 6.54 Å². The minimum Gasteiger partial charge on any atom is -0.480 e. The van der Waals surface area contributed by atoms with Crippen LogP contribution in [0.1, 0.15) is 13.3 Å². The second-order valence-corrected chi connectivity index (χ2v) is 3.17. The molecule has 2 N–H and O–H groups in total. The van der Waals surface area contributed by atoms with Gasteiger partial charge in [0.1, 0.15) is 6.04 Å². The fraction of sp³-hybridized carbons (Fsp3) is 0.556. The van der Waals surface area contributed by atoms with Gasteiger partial charge in [-0.1, -0.05) is 0 Å². The number of nitrogens with one attached hydrogen (secondary N) is 1. The fourth-order valence-electron chi connectivity index (χ4n) is 1.09. The molecule has 78 valence electrons. The molecule has 1 aromatic rings. The summed E-state index contributed by atoms with van der Waals surface area (Å²) in [7, 11) is 0. The minimum absolute atomic E-state index is 0.474. The van der Waals surface area contributed by atoms with Gasteiger partial charge in [-0.15, -0.1) is 0 Å². The SMILES string of the molecule is C[C@H](NCCCn1ccnc1)C(=O)O. The number of hydrogen-bond acceptors (Lipinski definition) is 3. The highest BCUT2D eigenvalue weighted by atomic mass is 16.4. The maximum Gasteiger partial charge on any atom is 0.320 e. The van der Waals surface area contributed by atoms with E-state index >= 15 is 0 Å². The smallest absolute Gasteiger partial charge is 0.320 e. The molecule has 0 fully saturated rings. The molecule has 0 amide bonds. The Hall–Kier alpha value is -1.36. The number of rotatable bonds is 6. The first-order valence-electron chi connectivity index (χ1n) is 4.62. The van der Waals surface area contributed by atoms with Crippen LogP contribution in [-0.2, 0) is 11.3 Å². The molecular weight excluding hydrogens is 182 g/mol. The van der Waals surface area contributed by atoms with Crippen LogP contribution >= 0.6 is 0 Å². The quantitative estimate of drug-likeness (QED) is 0.645. The highest BCUT2D eigenvalue weighted by molar-refractivity contribution is 5.72. The Bertz CT molecular complexity index is 272. The second-order valence-electron chi connectivity index (χ2n) is 3.17. The zero-order chi connectivity index (χ0) is 10.4. The van der Waals surface area contributed by atoms with Gasteiger partial charge < -0.3 is 15.0 Å². The lowest BCUT2D eigenvalue weighted by atomic mass is 10.3. The molecule has 0 aliphatic carbocycles. The number of imidazole rings is 1. The largest absolute Gasteiger partial charge is 0.480 e. The molecule has 0 aromatic carbocycles. The third kappa shape index (κ3) is 3.57. The number of carboxylic acid groups (broad SMARTS) is 1. The first-order chi connectivity index (χ1) is 6.70. The van der Waals surface area contributed by atoms with Crippen LogP contribution in [0.4, 0.5) is 0 Å². The number of aryl methyl sites for hydroxylation is 1. The van der Waals surface area contributed by atoms with Crippen molar-refractivity contribution >= 4 is 5.97 Å². The maximum absolute atomic E-state index is 10.4. The number of carbonyl (C=O) groups is 1. The van der Waals surface area contributed by atoms with E-state index in [1.54, 1.807) is 19.4 Å². The predicted octanol–water partition coefficient (Wildman–Crippen LogP) is 0.336. The second kappa shape index (κ2) is 5.39. The van der Waals surface area contributed by atoms with Gasteiger partial charge in [-0.05, 0) is 19.9 Å². The van der Waals surface area contributed by atoms with Gasteiger partial charge >= 0.3 is 5.97 Å². The van der Waals surface area contributed by atoms with Crippen LogP contribution in [0.25, 0.3) is 0 Å². The van der Waals surface area contributed by atoms with E-state index in [1.165, 1.54) is 0 Å². The Labute approximate surface area is 82.8 Å². The predicted molar refractivity (Wildman–Crippen MR) is 51.9 cm³/mol. The van der Waals surface area contributed by atoms with Gasteiger partial charge in [-0.3, -0.25) is 4.79 Å². The standard InChI is InChI=1S/C9H15N3O2/c1-8(9(13)14)11-3-2-5-12-6-4-10-7-12/h4,6-8,11H,2-3,5H2,1H3,(H,13,14)/t8-/m0/s1. The average molecular weight is 197 g/mol. The summed E-state index contributed by atoms with van der Waals surface area (Å²) in [5.41, 5.74) is 0. The number of hydrogen-bond donors (Lipinski definition) is 2. The normalized spacial score (nSPS) is 12.6. The molecular formula is C9H15N3O2. The Morgan fingerprint density at radius 3 is 3.07 bits per heavy atom. The van der Waals surface area contributed by atoms with Gasteiger partial charge in [0.05, 0.1) is 6.33 Å². The Balaban J connectivity index is 2.08. The molecule has 5 nitrogen and oxygen atoms in total. The first kappa shape index (κ1) is 10.7. The molecule has 0 aliphatic heterocycles. The minimum atomic E-state index is -0.812. The molecule has 0 bridgehead atoms. The summed E-state index contributed by atoms with van der Waals surface area (Å²) >= 11 is 0. The lowest BCUT2D eigenvalue weighted by Gasteiger charge is -2.08. The number of aliphatic carboxylic acids is 1. The van der Waals surface area contributed by atoms with Gasteiger partial charge in [0.15, 0.2) is 0 Å². The zero-order valence-corrected chi connectivity index (χ0v) is 8.18. The van der Waals surface area contributed by atoms with Crippen LogP contribution < -0.4 is 5.32 Å². The molecule has 0 saturated carbocycles. The third-order valence-electron chi connectivity index (χ3n) is 1.97. The zero-order valence-electron chi connectivity index (χ0n) is 8.18. The fourth-order valence-corrected chi connectivity index (χ4v) is 1.09. The van der Waals surface area contributed by atoms with Gasteiger partial charge in [0.2, 0.25) is 0 Å². The van der Waals surface area contributed by atoms with Crippen molar-refractivity contribution in [3.05, 3.63) is 18.7 Å². The van der Waals surface area contributed by atoms with Crippen molar-refractivity contribution in [1.82, 2.24) is 14.9 Å². The number of aromatic nitrogens is 2. The molecule has 0 unspecified atom stereocenters. The Morgan fingerprint density at radius 2 is 2.50 bits per heavy atom. The van der Waals surface area contributed by atoms with E-state index in [0.717, 1.165) is 13.0 Å². The molecule has 0 spiro atoms. The monoisotopic (exact) mass is 197 g/mol. The van der Waals surface area contributed by atoms with Crippen LogP contribution in [0, 0.1) is 0 Å². The third-order valence-corrected chi connectivity index (χ3v) is 1.97. The molecule has 1 heterocycles. The van der Waals surface area contributed by atoms with Crippen molar-refractivity contribution in [3.8, 4) is 0 Å². The van der Waals surface area contributed by atoms with Crippen molar-refractivity contribution in [3.63, 3.8) is 0 Å². The van der Waals surface area contributed by atoms with Crippen LogP contribution in [0.5, 0.6) is 0 Å². The van der Waals surface area contributed by atoms with Crippen molar-refractivity contribution in [2.75, 3.05) is 6.54 Å². The molecule has 1 atom stereocenters. The molecule has 0 saturated heterocycles. The molecule has 14 heavy (non-hydrogen) atoms. The number of nitrogens with zero attached hydrogens (tertiary/aromatic N) is 2. The Morgan fingerprint density at radius 1 is 1.71 bits per heavy atom. The molecule has 1 aromatic heterocycles.